The zero-order valence-electron chi connectivity index (χ0n) is 14.7. The van der Waals surface area contributed by atoms with Crippen molar-refractivity contribution in [2.75, 3.05) is 20.1 Å². The first-order chi connectivity index (χ1) is 12.7. The van der Waals surface area contributed by atoms with Crippen molar-refractivity contribution in [2.45, 2.75) is 19.1 Å². The summed E-state index contributed by atoms with van der Waals surface area (Å²) in [5.74, 6) is 0.455. The van der Waals surface area contributed by atoms with Crippen LogP contribution in [0.2, 0.25) is 0 Å². The van der Waals surface area contributed by atoms with Crippen LogP contribution in [0.4, 0.5) is 4.39 Å². The van der Waals surface area contributed by atoms with E-state index in [1.807, 2.05) is 41.2 Å². The van der Waals surface area contributed by atoms with Gasteiger partial charge in [0.25, 0.3) is 0 Å². The molecule has 6 heteroatoms. The molecule has 134 valence electrons. The van der Waals surface area contributed by atoms with Crippen LogP contribution in [0.5, 0.6) is 5.75 Å². The second-order valence-electron chi connectivity index (χ2n) is 6.70. The van der Waals surface area contributed by atoms with Gasteiger partial charge in [-0.05, 0) is 49.8 Å². The molecule has 0 bridgehead atoms. The number of nitrogens with zero attached hydrogens (tertiary/aromatic N) is 4. The maximum Gasteiger partial charge on any atom is 0.129 e. The van der Waals surface area contributed by atoms with Crippen LogP contribution in [0.1, 0.15) is 18.0 Å². The Kier molecular flexibility index (Phi) is 4.67. The first-order valence-electron chi connectivity index (χ1n) is 8.76. The summed E-state index contributed by atoms with van der Waals surface area (Å²) in [6, 6.07) is 14.5. The molecule has 2 heterocycles. The molecule has 0 unspecified atom stereocenters. The van der Waals surface area contributed by atoms with Crippen LogP contribution in [-0.4, -0.2) is 40.0 Å². The maximum absolute atomic E-state index is 13.3. The Morgan fingerprint density at radius 3 is 2.88 bits per heavy atom. The molecule has 0 radical (unpaired) electrons. The molecule has 0 aliphatic carbocycles. The highest BCUT2D eigenvalue weighted by molar-refractivity contribution is 5.66. The largest absolute Gasteiger partial charge is 0.488 e. The molecule has 4 rings (SSSR count). The Morgan fingerprint density at radius 1 is 1.19 bits per heavy atom. The van der Waals surface area contributed by atoms with Gasteiger partial charge in [0, 0.05) is 12.1 Å². The Balaban J connectivity index is 1.53. The van der Waals surface area contributed by atoms with Crippen LogP contribution in [0.3, 0.4) is 0 Å². The van der Waals surface area contributed by atoms with E-state index in [1.165, 1.54) is 12.1 Å². The average molecular weight is 352 g/mol. The third-order valence-corrected chi connectivity index (χ3v) is 4.70. The summed E-state index contributed by atoms with van der Waals surface area (Å²) >= 11 is 0. The van der Waals surface area contributed by atoms with E-state index in [4.69, 9.17) is 4.74 Å². The van der Waals surface area contributed by atoms with Crippen LogP contribution in [0.15, 0.2) is 54.7 Å². The van der Waals surface area contributed by atoms with Crippen LogP contribution >= 0.6 is 0 Å². The molecule has 1 fully saturated rings. The number of halogens is 1. The molecular weight excluding hydrogens is 331 g/mol. The van der Waals surface area contributed by atoms with Crippen molar-refractivity contribution in [2.24, 2.45) is 0 Å². The number of hydrogen-bond acceptors (Lipinski definition) is 4. The van der Waals surface area contributed by atoms with Crippen LogP contribution in [0.25, 0.3) is 11.3 Å². The van der Waals surface area contributed by atoms with Gasteiger partial charge in [0.05, 0.1) is 12.2 Å². The monoisotopic (exact) mass is 352 g/mol. The fourth-order valence-electron chi connectivity index (χ4n) is 3.30. The van der Waals surface area contributed by atoms with E-state index < -0.39 is 0 Å². The molecule has 1 aliphatic heterocycles. The van der Waals surface area contributed by atoms with Crippen molar-refractivity contribution in [3.63, 3.8) is 0 Å². The van der Waals surface area contributed by atoms with Crippen LogP contribution in [-0.2, 0) is 6.61 Å². The lowest BCUT2D eigenvalue weighted by Crippen LogP contribution is -2.16. The van der Waals surface area contributed by atoms with E-state index >= 15 is 0 Å². The van der Waals surface area contributed by atoms with Crippen LogP contribution in [0, 0.1) is 5.82 Å². The molecular formula is C20H21FN4O. The predicted molar refractivity (Wildman–Crippen MR) is 97.3 cm³/mol. The lowest BCUT2D eigenvalue weighted by Gasteiger charge is -2.11. The van der Waals surface area contributed by atoms with E-state index in [1.54, 1.807) is 6.07 Å². The van der Waals surface area contributed by atoms with Gasteiger partial charge in [0.2, 0.25) is 0 Å². The van der Waals surface area contributed by atoms with Gasteiger partial charge in [-0.3, -0.25) is 0 Å². The van der Waals surface area contributed by atoms with Crippen LogP contribution < -0.4 is 4.74 Å². The quantitative estimate of drug-likeness (QED) is 0.704. The highest BCUT2D eigenvalue weighted by Crippen LogP contribution is 2.30. The second kappa shape index (κ2) is 7.25. The molecule has 2 aromatic carbocycles. The molecule has 3 aromatic rings. The van der Waals surface area contributed by atoms with Gasteiger partial charge < -0.3 is 9.64 Å². The van der Waals surface area contributed by atoms with Crippen molar-refractivity contribution >= 4 is 0 Å². The number of aromatic nitrogens is 3. The van der Waals surface area contributed by atoms with Crippen molar-refractivity contribution in [3.05, 3.63) is 66.1 Å². The van der Waals surface area contributed by atoms with Crippen molar-refractivity contribution < 1.29 is 9.13 Å². The Morgan fingerprint density at radius 2 is 2.08 bits per heavy atom. The normalized spacial score (nSPS) is 17.5. The predicted octanol–water partition coefficient (Wildman–Crippen LogP) is 3.54. The summed E-state index contributed by atoms with van der Waals surface area (Å²) in [4.78, 5) is 2.29. The van der Waals surface area contributed by atoms with Gasteiger partial charge in [-0.25, -0.2) is 9.07 Å². The Labute approximate surface area is 152 Å². The van der Waals surface area contributed by atoms with E-state index in [9.17, 15) is 4.39 Å². The Hall–Kier alpha value is -2.73. The molecule has 5 nitrogen and oxygen atoms in total. The standard InChI is InChI=1S/C20H21FN4O/c1-24-10-9-17(12-24)25-13-19(22-23-25)18-7-2-3-8-20(18)26-14-15-5-4-6-16(21)11-15/h2-8,11,13,17H,9-10,12,14H2,1H3/t17-/m0/s1. The molecule has 1 atom stereocenters. The lowest BCUT2D eigenvalue weighted by molar-refractivity contribution is 0.307. The summed E-state index contributed by atoms with van der Waals surface area (Å²) in [5.41, 5.74) is 2.47. The van der Waals surface area contributed by atoms with Gasteiger partial charge in [0.1, 0.15) is 23.9 Å². The third kappa shape index (κ3) is 3.60. The van der Waals surface area contributed by atoms with Gasteiger partial charge in [-0.2, -0.15) is 0 Å². The smallest absolute Gasteiger partial charge is 0.129 e. The first kappa shape index (κ1) is 16.7. The molecule has 0 spiro atoms. The average Bonchev–Trinajstić information content (AvgIpc) is 3.29. The molecule has 26 heavy (non-hydrogen) atoms. The summed E-state index contributed by atoms with van der Waals surface area (Å²) in [6.07, 6.45) is 3.06. The fraction of sp³-hybridized carbons (Fsp3) is 0.300. The molecule has 0 saturated carbocycles. The summed E-state index contributed by atoms with van der Waals surface area (Å²) in [5, 5.41) is 8.66. The SMILES string of the molecule is CN1CC[C@H](n2cc(-c3ccccc3OCc3cccc(F)c3)nn2)C1. The summed E-state index contributed by atoms with van der Waals surface area (Å²) < 4.78 is 21.2. The van der Waals surface area contributed by atoms with Crippen molar-refractivity contribution in [1.29, 1.82) is 0 Å². The first-order valence-corrected chi connectivity index (χ1v) is 8.76. The molecule has 0 amide bonds. The molecule has 1 aliphatic rings. The number of hydrogen-bond donors (Lipinski definition) is 0. The molecule has 1 saturated heterocycles. The highest BCUT2D eigenvalue weighted by Gasteiger charge is 2.22. The molecule has 1 aromatic heterocycles. The topological polar surface area (TPSA) is 43.2 Å². The summed E-state index contributed by atoms with van der Waals surface area (Å²) in [6.45, 7) is 2.37. The van der Waals surface area contributed by atoms with E-state index in [2.05, 4.69) is 22.3 Å². The van der Waals surface area contributed by atoms with Gasteiger partial charge in [-0.1, -0.05) is 29.5 Å². The highest BCUT2D eigenvalue weighted by atomic mass is 19.1. The van der Waals surface area contributed by atoms with E-state index in [-0.39, 0.29) is 5.82 Å². The fourth-order valence-corrected chi connectivity index (χ4v) is 3.30. The Bertz CT molecular complexity index is 895. The zero-order valence-corrected chi connectivity index (χ0v) is 14.7. The van der Waals surface area contributed by atoms with Crippen molar-refractivity contribution in [1.82, 2.24) is 19.9 Å². The third-order valence-electron chi connectivity index (χ3n) is 4.70. The number of rotatable bonds is 5. The maximum atomic E-state index is 13.3. The van der Waals surface area contributed by atoms with Crippen molar-refractivity contribution in [3.8, 4) is 17.0 Å². The van der Waals surface area contributed by atoms with E-state index in [0.29, 0.717) is 18.4 Å². The minimum Gasteiger partial charge on any atom is -0.488 e. The van der Waals surface area contributed by atoms with Gasteiger partial charge in [-0.15, -0.1) is 5.10 Å². The number of likely N-dealkylation sites (tertiary alicyclic amines) is 1. The zero-order chi connectivity index (χ0) is 17.9. The second-order valence-corrected chi connectivity index (χ2v) is 6.70. The number of likely N-dealkylation sites (N-methyl/N-ethyl adjacent to an activating group) is 1. The minimum atomic E-state index is -0.260. The number of ether oxygens (including phenoxy) is 1. The number of para-hydroxylation sites is 1. The lowest BCUT2D eigenvalue weighted by atomic mass is 10.1. The van der Waals surface area contributed by atoms with Gasteiger partial charge in [0.15, 0.2) is 0 Å². The minimum absolute atomic E-state index is 0.260. The number of benzene rings is 2. The summed E-state index contributed by atoms with van der Waals surface area (Å²) in [7, 11) is 2.12. The molecule has 0 N–H and O–H groups in total. The van der Waals surface area contributed by atoms with Gasteiger partial charge >= 0.3 is 0 Å². The van der Waals surface area contributed by atoms with E-state index in [0.717, 1.165) is 36.3 Å².